The van der Waals surface area contributed by atoms with Gasteiger partial charge in [-0.05, 0) is 83.0 Å². The number of hydrogen-bond donors (Lipinski definition) is 2. The number of benzene rings is 3. The van der Waals surface area contributed by atoms with Crippen LogP contribution in [-0.4, -0.2) is 43.8 Å². The van der Waals surface area contributed by atoms with Crippen molar-refractivity contribution in [3.05, 3.63) is 76.0 Å². The first kappa shape index (κ1) is 27.6. The highest BCUT2D eigenvalue weighted by Crippen LogP contribution is 2.39. The molecular weight excluding hydrogens is 605 g/mol. The van der Waals surface area contributed by atoms with Crippen LogP contribution in [0.3, 0.4) is 0 Å². The molecule has 0 saturated carbocycles. The number of fused-ring (bicyclic) bond motifs is 1. The topological polar surface area (TPSA) is 133 Å². The van der Waals surface area contributed by atoms with E-state index in [0.29, 0.717) is 27.2 Å². The first-order valence-electron chi connectivity index (χ1n) is 12.2. The van der Waals surface area contributed by atoms with Crippen LogP contribution in [-0.2, 0) is 14.4 Å². The molecule has 0 unspecified atom stereocenters. The Labute approximate surface area is 240 Å². The van der Waals surface area contributed by atoms with E-state index in [9.17, 15) is 23.6 Å². The molecule has 1 saturated heterocycles. The molecule has 3 aromatic carbocycles. The zero-order chi connectivity index (χ0) is 29.1. The van der Waals surface area contributed by atoms with Crippen LogP contribution >= 0.6 is 15.9 Å². The van der Waals surface area contributed by atoms with Gasteiger partial charge in [0.25, 0.3) is 17.7 Å². The van der Waals surface area contributed by atoms with Crippen molar-refractivity contribution in [2.24, 2.45) is 0 Å². The van der Waals surface area contributed by atoms with Crippen LogP contribution in [0.25, 0.3) is 6.08 Å². The standard InChI is InChI=1S/C28H21BrFN3O8/c1-2-38-23-11-15(10-20(29)25(23)39-13-24(34)31-17-5-3-16(30)4-6-17)9-19-26(35)32-28(37)33(27(19)36)18-7-8-21-22(12-18)41-14-40-21/h3-12H,2,13-14H2,1H3,(H,31,34)(H,32,35,37)/b19-9+. The molecule has 2 aliphatic rings. The van der Waals surface area contributed by atoms with Gasteiger partial charge >= 0.3 is 6.03 Å². The van der Waals surface area contributed by atoms with Crippen molar-refractivity contribution < 1.29 is 42.5 Å². The van der Waals surface area contributed by atoms with Crippen LogP contribution in [0.15, 0.2) is 64.6 Å². The normalized spacial score (nSPS) is 15.1. The van der Waals surface area contributed by atoms with Crippen molar-refractivity contribution in [3.8, 4) is 23.0 Å². The highest BCUT2D eigenvalue weighted by atomic mass is 79.9. The molecule has 11 nitrogen and oxygen atoms in total. The van der Waals surface area contributed by atoms with Gasteiger partial charge in [0, 0.05) is 11.8 Å². The minimum atomic E-state index is -0.908. The Morgan fingerprint density at radius 3 is 2.59 bits per heavy atom. The van der Waals surface area contributed by atoms with Gasteiger partial charge in [0.05, 0.1) is 16.8 Å². The number of hydrogen-bond acceptors (Lipinski definition) is 8. The molecule has 0 aliphatic carbocycles. The van der Waals surface area contributed by atoms with E-state index in [4.69, 9.17) is 18.9 Å². The average Bonchev–Trinajstić information content (AvgIpc) is 3.40. The second-order valence-corrected chi connectivity index (χ2v) is 9.46. The number of nitrogens with zero attached hydrogens (tertiary/aromatic N) is 1. The van der Waals surface area contributed by atoms with Gasteiger partial charge < -0.3 is 24.3 Å². The Morgan fingerprint density at radius 1 is 1.07 bits per heavy atom. The van der Waals surface area contributed by atoms with E-state index in [1.807, 2.05) is 0 Å². The van der Waals surface area contributed by atoms with Crippen molar-refractivity contribution in [1.82, 2.24) is 5.32 Å². The van der Waals surface area contributed by atoms with E-state index in [-0.39, 0.29) is 42.8 Å². The number of barbiturate groups is 1. The molecule has 2 N–H and O–H groups in total. The zero-order valence-corrected chi connectivity index (χ0v) is 22.9. The number of nitrogens with one attached hydrogen (secondary N) is 2. The summed E-state index contributed by atoms with van der Waals surface area (Å²) in [4.78, 5) is 51.8. The van der Waals surface area contributed by atoms with E-state index >= 15 is 0 Å². The van der Waals surface area contributed by atoms with Crippen LogP contribution in [0.1, 0.15) is 12.5 Å². The lowest BCUT2D eigenvalue weighted by Gasteiger charge is -2.26. The number of carbonyl (C=O) groups is 4. The number of halogens is 2. The Balaban J connectivity index is 1.38. The third-order valence-electron chi connectivity index (χ3n) is 5.83. The van der Waals surface area contributed by atoms with Crippen LogP contribution < -0.4 is 34.5 Å². The Kier molecular flexibility index (Phi) is 7.88. The number of ether oxygens (including phenoxy) is 4. The van der Waals surface area contributed by atoms with E-state index < -0.39 is 29.6 Å². The molecule has 5 rings (SSSR count). The quantitative estimate of drug-likeness (QED) is 0.278. The monoisotopic (exact) mass is 625 g/mol. The summed E-state index contributed by atoms with van der Waals surface area (Å²) in [6.45, 7) is 1.62. The molecule has 41 heavy (non-hydrogen) atoms. The molecule has 0 bridgehead atoms. The molecule has 0 radical (unpaired) electrons. The lowest BCUT2D eigenvalue weighted by Crippen LogP contribution is -2.54. The molecule has 13 heteroatoms. The summed E-state index contributed by atoms with van der Waals surface area (Å²) in [5.41, 5.74) is 0.662. The first-order valence-corrected chi connectivity index (χ1v) is 13.0. The number of imide groups is 2. The predicted octanol–water partition coefficient (Wildman–Crippen LogP) is 4.40. The van der Waals surface area contributed by atoms with Crippen LogP contribution in [0, 0.1) is 5.82 Å². The third-order valence-corrected chi connectivity index (χ3v) is 6.42. The zero-order valence-electron chi connectivity index (χ0n) is 21.4. The molecular formula is C28H21BrFN3O8. The second kappa shape index (κ2) is 11.7. The van der Waals surface area contributed by atoms with Gasteiger partial charge in [0.15, 0.2) is 29.6 Å². The highest BCUT2D eigenvalue weighted by molar-refractivity contribution is 9.10. The summed E-state index contributed by atoms with van der Waals surface area (Å²) in [7, 11) is 0. The van der Waals surface area contributed by atoms with Gasteiger partial charge in [0.1, 0.15) is 11.4 Å². The number of anilines is 2. The Bertz CT molecular complexity index is 1590. The average molecular weight is 626 g/mol. The Morgan fingerprint density at radius 2 is 1.83 bits per heavy atom. The molecule has 0 spiro atoms. The Hall–Kier alpha value is -4.91. The van der Waals surface area contributed by atoms with Gasteiger partial charge in [-0.3, -0.25) is 19.7 Å². The molecule has 1 fully saturated rings. The fourth-order valence-electron chi connectivity index (χ4n) is 4.03. The van der Waals surface area contributed by atoms with Gasteiger partial charge in [-0.1, -0.05) is 0 Å². The van der Waals surface area contributed by atoms with Crippen molar-refractivity contribution in [3.63, 3.8) is 0 Å². The summed E-state index contributed by atoms with van der Waals surface area (Å²) >= 11 is 3.39. The van der Waals surface area contributed by atoms with Crippen LogP contribution in [0.4, 0.5) is 20.6 Å². The maximum absolute atomic E-state index is 13.3. The maximum Gasteiger partial charge on any atom is 0.335 e. The maximum atomic E-state index is 13.3. The summed E-state index contributed by atoms with van der Waals surface area (Å²) in [6.07, 6.45) is 1.31. The molecule has 3 aromatic rings. The SMILES string of the molecule is CCOc1cc(/C=C2\C(=O)NC(=O)N(c3ccc4c(c3)OCO4)C2=O)cc(Br)c1OCC(=O)Nc1ccc(F)cc1. The molecule has 0 atom stereocenters. The number of amides is 5. The lowest BCUT2D eigenvalue weighted by molar-refractivity contribution is -0.122. The molecule has 2 heterocycles. The van der Waals surface area contributed by atoms with Crippen molar-refractivity contribution >= 4 is 57.1 Å². The third kappa shape index (κ3) is 5.99. The summed E-state index contributed by atoms with van der Waals surface area (Å²) < 4.78 is 35.5. The summed E-state index contributed by atoms with van der Waals surface area (Å²) in [5, 5.41) is 4.77. The number of rotatable bonds is 8. The molecule has 2 aliphatic heterocycles. The minimum Gasteiger partial charge on any atom is -0.490 e. The molecule has 5 amide bonds. The van der Waals surface area contributed by atoms with Crippen LogP contribution in [0.5, 0.6) is 23.0 Å². The smallest absolute Gasteiger partial charge is 0.335 e. The highest BCUT2D eigenvalue weighted by Gasteiger charge is 2.37. The fourth-order valence-corrected chi connectivity index (χ4v) is 4.60. The van der Waals surface area contributed by atoms with Gasteiger partial charge in [0.2, 0.25) is 6.79 Å². The fraction of sp³-hybridized carbons (Fsp3) is 0.143. The largest absolute Gasteiger partial charge is 0.490 e. The van der Waals surface area contributed by atoms with E-state index in [2.05, 4.69) is 26.6 Å². The van der Waals surface area contributed by atoms with Crippen molar-refractivity contribution in [2.75, 3.05) is 30.2 Å². The van der Waals surface area contributed by atoms with Gasteiger partial charge in [-0.25, -0.2) is 14.1 Å². The summed E-state index contributed by atoms with van der Waals surface area (Å²) in [6, 6.07) is 12.0. The van der Waals surface area contributed by atoms with Crippen molar-refractivity contribution in [1.29, 1.82) is 0 Å². The number of carbonyl (C=O) groups excluding carboxylic acids is 4. The van der Waals surface area contributed by atoms with E-state index in [0.717, 1.165) is 4.90 Å². The minimum absolute atomic E-state index is 0.0121. The summed E-state index contributed by atoms with van der Waals surface area (Å²) in [5.74, 6) is -1.37. The molecule has 210 valence electrons. The first-order chi connectivity index (χ1) is 19.7. The number of urea groups is 1. The van der Waals surface area contributed by atoms with Crippen molar-refractivity contribution in [2.45, 2.75) is 6.92 Å². The lowest BCUT2D eigenvalue weighted by atomic mass is 10.1. The van der Waals surface area contributed by atoms with Gasteiger partial charge in [-0.2, -0.15) is 0 Å². The van der Waals surface area contributed by atoms with E-state index in [1.165, 1.54) is 48.5 Å². The molecule has 0 aromatic heterocycles. The second-order valence-electron chi connectivity index (χ2n) is 8.60. The van der Waals surface area contributed by atoms with Gasteiger partial charge in [-0.15, -0.1) is 0 Å². The predicted molar refractivity (Wildman–Crippen MR) is 147 cm³/mol. The van der Waals surface area contributed by atoms with E-state index in [1.54, 1.807) is 19.1 Å². The van der Waals surface area contributed by atoms with Crippen LogP contribution in [0.2, 0.25) is 0 Å².